The van der Waals surface area contributed by atoms with Gasteiger partial charge in [0.05, 0.1) is 12.2 Å². The minimum absolute atomic E-state index is 0.0759. The highest BCUT2D eigenvalue weighted by atomic mass is 16.2. The minimum Gasteiger partial charge on any atom is -0.308 e. The minimum atomic E-state index is -0.0759. The molecule has 1 aliphatic rings. The van der Waals surface area contributed by atoms with Gasteiger partial charge in [-0.05, 0) is 37.4 Å². The molecule has 0 aliphatic heterocycles. The summed E-state index contributed by atoms with van der Waals surface area (Å²) in [5.74, 6) is 1.21. The number of nitrogens with zero attached hydrogens (tertiary/aromatic N) is 2. The Balaban J connectivity index is 1.56. The van der Waals surface area contributed by atoms with Gasteiger partial charge >= 0.3 is 0 Å². The fourth-order valence-corrected chi connectivity index (χ4v) is 2.88. The SMILES string of the molecule is O=C(CNCC1CC1)Nc1nc(-c2ccccc2)cn1-c1ccccc1. The van der Waals surface area contributed by atoms with Crippen molar-refractivity contribution in [2.45, 2.75) is 12.8 Å². The third kappa shape index (κ3) is 4.00. The predicted molar refractivity (Wildman–Crippen MR) is 103 cm³/mol. The van der Waals surface area contributed by atoms with E-state index in [1.54, 1.807) is 0 Å². The van der Waals surface area contributed by atoms with Crippen LogP contribution in [0.2, 0.25) is 0 Å². The Kier molecular flexibility index (Phi) is 4.80. The van der Waals surface area contributed by atoms with Crippen molar-refractivity contribution in [3.05, 3.63) is 66.9 Å². The number of amides is 1. The second kappa shape index (κ2) is 7.54. The van der Waals surface area contributed by atoms with Crippen LogP contribution in [0.4, 0.5) is 5.95 Å². The first-order valence-electron chi connectivity index (χ1n) is 9.00. The molecule has 5 nitrogen and oxygen atoms in total. The summed E-state index contributed by atoms with van der Waals surface area (Å²) < 4.78 is 1.92. The lowest BCUT2D eigenvalue weighted by Gasteiger charge is -2.09. The van der Waals surface area contributed by atoms with E-state index in [1.807, 2.05) is 71.4 Å². The molecule has 1 saturated carbocycles. The molecule has 1 amide bonds. The first kappa shape index (κ1) is 16.5. The van der Waals surface area contributed by atoms with Crippen LogP contribution >= 0.6 is 0 Å². The average molecular weight is 346 g/mol. The molecule has 2 N–H and O–H groups in total. The smallest absolute Gasteiger partial charge is 0.240 e. The van der Waals surface area contributed by atoms with E-state index < -0.39 is 0 Å². The standard InChI is InChI=1S/C21H22N4O/c26-20(14-22-13-16-11-12-16)24-21-23-19(17-7-3-1-4-8-17)15-25(21)18-9-5-2-6-10-18/h1-10,15-16,22H,11-14H2,(H,23,24,26). The van der Waals surface area contributed by atoms with Gasteiger partial charge in [-0.25, -0.2) is 4.98 Å². The largest absolute Gasteiger partial charge is 0.308 e. The number of benzene rings is 2. The fraction of sp³-hybridized carbons (Fsp3) is 0.238. The highest BCUT2D eigenvalue weighted by molar-refractivity contribution is 5.91. The van der Waals surface area contributed by atoms with E-state index in [1.165, 1.54) is 12.8 Å². The Morgan fingerprint density at radius 1 is 1.04 bits per heavy atom. The molecule has 0 atom stereocenters. The van der Waals surface area contributed by atoms with Crippen molar-refractivity contribution in [3.8, 4) is 16.9 Å². The molecule has 4 rings (SSSR count). The Labute approximate surface area is 153 Å². The lowest BCUT2D eigenvalue weighted by molar-refractivity contribution is -0.115. The van der Waals surface area contributed by atoms with Gasteiger partial charge in [0.15, 0.2) is 0 Å². The van der Waals surface area contributed by atoms with Crippen molar-refractivity contribution in [1.29, 1.82) is 0 Å². The second-order valence-corrected chi connectivity index (χ2v) is 6.64. The monoisotopic (exact) mass is 346 g/mol. The van der Waals surface area contributed by atoms with Crippen LogP contribution < -0.4 is 10.6 Å². The van der Waals surface area contributed by atoms with Crippen molar-refractivity contribution >= 4 is 11.9 Å². The molecule has 0 spiro atoms. The normalized spacial score (nSPS) is 13.5. The predicted octanol–water partition coefficient (Wildman–Crippen LogP) is 3.48. The van der Waals surface area contributed by atoms with E-state index in [-0.39, 0.29) is 5.91 Å². The Bertz CT molecular complexity index is 870. The first-order valence-corrected chi connectivity index (χ1v) is 9.00. The lowest BCUT2D eigenvalue weighted by Crippen LogP contribution is -2.30. The maximum absolute atomic E-state index is 12.3. The van der Waals surface area contributed by atoms with Gasteiger partial charge in [-0.15, -0.1) is 0 Å². The van der Waals surface area contributed by atoms with Crippen LogP contribution in [0.5, 0.6) is 0 Å². The molecular weight excluding hydrogens is 324 g/mol. The number of rotatable bonds is 7. The van der Waals surface area contributed by atoms with Gasteiger partial charge in [0.2, 0.25) is 11.9 Å². The highest BCUT2D eigenvalue weighted by Crippen LogP contribution is 2.27. The van der Waals surface area contributed by atoms with Gasteiger partial charge in [0.25, 0.3) is 0 Å². The molecule has 132 valence electrons. The van der Waals surface area contributed by atoms with E-state index in [4.69, 9.17) is 0 Å². The molecule has 5 heteroatoms. The number of anilines is 1. The maximum Gasteiger partial charge on any atom is 0.240 e. The summed E-state index contributed by atoms with van der Waals surface area (Å²) >= 11 is 0. The van der Waals surface area contributed by atoms with Gasteiger partial charge in [-0.1, -0.05) is 48.5 Å². The Hall–Kier alpha value is -2.92. The summed E-state index contributed by atoms with van der Waals surface area (Å²) in [6, 6.07) is 19.9. The van der Waals surface area contributed by atoms with E-state index in [0.29, 0.717) is 12.5 Å². The van der Waals surface area contributed by atoms with E-state index >= 15 is 0 Å². The molecule has 1 aliphatic carbocycles. The van der Waals surface area contributed by atoms with Crippen molar-refractivity contribution in [1.82, 2.24) is 14.9 Å². The van der Waals surface area contributed by atoms with Crippen LogP contribution in [-0.2, 0) is 4.79 Å². The highest BCUT2D eigenvalue weighted by Gasteiger charge is 2.21. The summed E-state index contributed by atoms with van der Waals surface area (Å²) in [4.78, 5) is 17.0. The molecule has 3 aromatic rings. The van der Waals surface area contributed by atoms with Crippen LogP contribution in [0.1, 0.15) is 12.8 Å². The topological polar surface area (TPSA) is 59.0 Å². The number of para-hydroxylation sites is 1. The third-order valence-corrected chi connectivity index (χ3v) is 4.48. The van der Waals surface area contributed by atoms with Gasteiger partial charge < -0.3 is 5.32 Å². The number of nitrogens with one attached hydrogen (secondary N) is 2. The Morgan fingerprint density at radius 2 is 1.73 bits per heavy atom. The quantitative estimate of drug-likeness (QED) is 0.689. The number of hydrogen-bond donors (Lipinski definition) is 2. The second-order valence-electron chi connectivity index (χ2n) is 6.64. The zero-order valence-corrected chi connectivity index (χ0v) is 14.6. The Morgan fingerprint density at radius 3 is 2.42 bits per heavy atom. The molecule has 26 heavy (non-hydrogen) atoms. The van der Waals surface area contributed by atoms with Gasteiger partial charge in [-0.2, -0.15) is 0 Å². The van der Waals surface area contributed by atoms with Gasteiger partial charge in [0.1, 0.15) is 0 Å². The summed E-state index contributed by atoms with van der Waals surface area (Å²) in [6.07, 6.45) is 4.50. The average Bonchev–Trinajstić information content (AvgIpc) is 3.41. The molecule has 0 bridgehead atoms. The van der Waals surface area contributed by atoms with Crippen LogP contribution in [0.3, 0.4) is 0 Å². The molecule has 0 radical (unpaired) electrons. The summed E-state index contributed by atoms with van der Waals surface area (Å²) in [6.45, 7) is 1.22. The molecular formula is C21H22N4O. The van der Waals surface area contributed by atoms with Crippen molar-refractivity contribution < 1.29 is 4.79 Å². The fourth-order valence-electron chi connectivity index (χ4n) is 2.88. The molecule has 0 saturated heterocycles. The van der Waals surface area contributed by atoms with Crippen molar-refractivity contribution in [2.75, 3.05) is 18.4 Å². The van der Waals surface area contributed by atoms with Crippen LogP contribution in [0, 0.1) is 5.92 Å². The molecule has 2 aromatic carbocycles. The third-order valence-electron chi connectivity index (χ3n) is 4.48. The zero-order valence-electron chi connectivity index (χ0n) is 14.6. The van der Waals surface area contributed by atoms with Crippen LogP contribution in [0.15, 0.2) is 66.9 Å². The molecule has 1 aromatic heterocycles. The zero-order chi connectivity index (χ0) is 17.8. The van der Waals surface area contributed by atoms with Crippen molar-refractivity contribution in [2.24, 2.45) is 5.92 Å². The lowest BCUT2D eigenvalue weighted by atomic mass is 10.2. The van der Waals surface area contributed by atoms with Crippen molar-refractivity contribution in [3.63, 3.8) is 0 Å². The number of aromatic nitrogens is 2. The number of imidazole rings is 1. The number of hydrogen-bond acceptors (Lipinski definition) is 3. The van der Waals surface area contributed by atoms with E-state index in [9.17, 15) is 4.79 Å². The van der Waals surface area contributed by atoms with E-state index in [0.717, 1.165) is 29.4 Å². The van der Waals surface area contributed by atoms with Crippen LogP contribution in [0.25, 0.3) is 16.9 Å². The number of carbonyl (C=O) groups excluding carboxylic acids is 1. The maximum atomic E-state index is 12.3. The molecule has 1 heterocycles. The number of carbonyl (C=O) groups is 1. The first-order chi connectivity index (χ1) is 12.8. The van der Waals surface area contributed by atoms with E-state index in [2.05, 4.69) is 15.6 Å². The van der Waals surface area contributed by atoms with Gasteiger partial charge in [0, 0.05) is 17.4 Å². The molecule has 0 unspecified atom stereocenters. The van der Waals surface area contributed by atoms with Crippen LogP contribution in [-0.4, -0.2) is 28.5 Å². The summed E-state index contributed by atoms with van der Waals surface area (Å²) in [5.41, 5.74) is 2.81. The summed E-state index contributed by atoms with van der Waals surface area (Å²) in [7, 11) is 0. The summed E-state index contributed by atoms with van der Waals surface area (Å²) in [5, 5.41) is 6.16. The van der Waals surface area contributed by atoms with Gasteiger partial charge in [-0.3, -0.25) is 14.7 Å². The molecule has 1 fully saturated rings.